The van der Waals surface area contributed by atoms with Crippen LogP contribution in [0.5, 0.6) is 0 Å². The summed E-state index contributed by atoms with van der Waals surface area (Å²) in [6, 6.07) is 14.0. The standard InChI is InChI=1S/C21H24N4O2S/c1-16(21-22-20(23-27-21)17-6-3-2-4-7-17)24-11-13-25(14-12-24)19(26)10-9-18-8-5-15-28-18/h2-8,15-16H,9-14H2,1H3. The van der Waals surface area contributed by atoms with Crippen molar-refractivity contribution in [2.45, 2.75) is 25.8 Å². The monoisotopic (exact) mass is 396 g/mol. The highest BCUT2D eigenvalue weighted by Gasteiger charge is 2.27. The number of hydrogen-bond donors (Lipinski definition) is 0. The zero-order valence-electron chi connectivity index (χ0n) is 16.0. The summed E-state index contributed by atoms with van der Waals surface area (Å²) < 4.78 is 5.51. The number of thiophene rings is 1. The fraction of sp³-hybridized carbons (Fsp3) is 0.381. The molecule has 0 N–H and O–H groups in total. The van der Waals surface area contributed by atoms with E-state index in [9.17, 15) is 4.79 Å². The number of benzene rings is 1. The molecule has 0 spiro atoms. The minimum atomic E-state index is 0.0355. The number of carbonyl (C=O) groups is 1. The number of nitrogens with zero attached hydrogens (tertiary/aromatic N) is 4. The third-order valence-electron chi connectivity index (χ3n) is 5.21. The maximum absolute atomic E-state index is 12.5. The number of rotatable bonds is 6. The van der Waals surface area contributed by atoms with Gasteiger partial charge in [0.15, 0.2) is 0 Å². The smallest absolute Gasteiger partial charge is 0.244 e. The van der Waals surface area contributed by atoms with Gasteiger partial charge in [0.05, 0.1) is 6.04 Å². The van der Waals surface area contributed by atoms with Gasteiger partial charge in [-0.05, 0) is 24.8 Å². The number of amides is 1. The van der Waals surface area contributed by atoms with E-state index in [1.807, 2.05) is 41.3 Å². The molecule has 1 aliphatic heterocycles. The fourth-order valence-electron chi connectivity index (χ4n) is 3.47. The van der Waals surface area contributed by atoms with Crippen LogP contribution in [0.25, 0.3) is 11.4 Å². The highest BCUT2D eigenvalue weighted by atomic mass is 32.1. The molecule has 7 heteroatoms. The van der Waals surface area contributed by atoms with Crippen LogP contribution in [0.2, 0.25) is 0 Å². The molecule has 6 nitrogen and oxygen atoms in total. The van der Waals surface area contributed by atoms with Crippen molar-refractivity contribution in [2.24, 2.45) is 0 Å². The van der Waals surface area contributed by atoms with E-state index in [-0.39, 0.29) is 11.9 Å². The van der Waals surface area contributed by atoms with Gasteiger partial charge in [-0.2, -0.15) is 4.98 Å². The number of aryl methyl sites for hydroxylation is 1. The lowest BCUT2D eigenvalue weighted by molar-refractivity contribution is -0.133. The molecular weight excluding hydrogens is 372 g/mol. The molecule has 1 atom stereocenters. The molecular formula is C21H24N4O2S. The average Bonchev–Trinajstić information content (AvgIpc) is 3.44. The van der Waals surface area contributed by atoms with Crippen LogP contribution in [0.3, 0.4) is 0 Å². The molecule has 1 aliphatic rings. The van der Waals surface area contributed by atoms with Crippen LogP contribution in [-0.4, -0.2) is 52.0 Å². The van der Waals surface area contributed by atoms with E-state index in [4.69, 9.17) is 4.52 Å². The van der Waals surface area contributed by atoms with Gasteiger partial charge >= 0.3 is 0 Å². The molecule has 28 heavy (non-hydrogen) atoms. The van der Waals surface area contributed by atoms with Crippen LogP contribution in [-0.2, 0) is 11.2 Å². The zero-order chi connectivity index (χ0) is 19.3. The van der Waals surface area contributed by atoms with Gasteiger partial charge in [-0.3, -0.25) is 9.69 Å². The van der Waals surface area contributed by atoms with Gasteiger partial charge in [-0.1, -0.05) is 41.6 Å². The Morgan fingerprint density at radius 1 is 1.14 bits per heavy atom. The summed E-state index contributed by atoms with van der Waals surface area (Å²) in [7, 11) is 0. The lowest BCUT2D eigenvalue weighted by atomic mass is 10.2. The Labute approximate surface area is 168 Å². The predicted molar refractivity (Wildman–Crippen MR) is 109 cm³/mol. The van der Waals surface area contributed by atoms with Crippen LogP contribution in [0.15, 0.2) is 52.4 Å². The normalized spacial score (nSPS) is 16.2. The van der Waals surface area contributed by atoms with Crippen molar-refractivity contribution in [1.29, 1.82) is 0 Å². The molecule has 3 aromatic rings. The third-order valence-corrected chi connectivity index (χ3v) is 6.15. The Balaban J connectivity index is 1.30. The van der Waals surface area contributed by atoms with Crippen LogP contribution in [0.1, 0.15) is 30.2 Å². The van der Waals surface area contributed by atoms with Crippen molar-refractivity contribution >= 4 is 17.2 Å². The van der Waals surface area contributed by atoms with E-state index in [0.717, 1.165) is 38.2 Å². The second kappa shape index (κ2) is 8.67. The van der Waals surface area contributed by atoms with Gasteiger partial charge in [-0.15, -0.1) is 11.3 Å². The Bertz CT molecular complexity index is 886. The molecule has 2 aromatic heterocycles. The maximum Gasteiger partial charge on any atom is 0.244 e. The Morgan fingerprint density at radius 3 is 2.64 bits per heavy atom. The first-order chi connectivity index (χ1) is 13.7. The van der Waals surface area contributed by atoms with Gasteiger partial charge in [0.1, 0.15) is 0 Å². The highest BCUT2D eigenvalue weighted by Crippen LogP contribution is 2.23. The first kappa shape index (κ1) is 18.8. The molecule has 0 radical (unpaired) electrons. The number of aromatic nitrogens is 2. The molecule has 1 unspecified atom stereocenters. The fourth-order valence-corrected chi connectivity index (χ4v) is 4.18. The molecule has 1 saturated heterocycles. The summed E-state index contributed by atoms with van der Waals surface area (Å²) in [5.74, 6) is 1.48. The summed E-state index contributed by atoms with van der Waals surface area (Å²) in [4.78, 5) is 22.6. The lowest BCUT2D eigenvalue weighted by Gasteiger charge is -2.36. The van der Waals surface area contributed by atoms with E-state index < -0.39 is 0 Å². The van der Waals surface area contributed by atoms with Crippen molar-refractivity contribution in [2.75, 3.05) is 26.2 Å². The number of hydrogen-bond acceptors (Lipinski definition) is 6. The summed E-state index contributed by atoms with van der Waals surface area (Å²) in [5, 5.41) is 6.17. The van der Waals surface area contributed by atoms with Crippen molar-refractivity contribution in [3.05, 3.63) is 58.6 Å². The van der Waals surface area contributed by atoms with E-state index in [2.05, 4.69) is 33.4 Å². The first-order valence-corrected chi connectivity index (χ1v) is 10.5. The SMILES string of the molecule is CC(c1nc(-c2ccccc2)no1)N1CCN(C(=O)CCc2cccs2)CC1. The number of piperazine rings is 1. The van der Waals surface area contributed by atoms with Gasteiger partial charge in [-0.25, -0.2) is 0 Å². The molecule has 3 heterocycles. The lowest BCUT2D eigenvalue weighted by Crippen LogP contribution is -2.49. The predicted octanol–water partition coefficient (Wildman–Crippen LogP) is 3.64. The van der Waals surface area contributed by atoms with E-state index in [1.165, 1.54) is 4.88 Å². The van der Waals surface area contributed by atoms with Gasteiger partial charge in [0.2, 0.25) is 17.6 Å². The minimum Gasteiger partial charge on any atom is -0.340 e. The summed E-state index contributed by atoms with van der Waals surface area (Å²) >= 11 is 1.71. The van der Waals surface area contributed by atoms with Crippen molar-refractivity contribution < 1.29 is 9.32 Å². The summed E-state index contributed by atoms with van der Waals surface area (Å²) in [5.41, 5.74) is 0.950. The third kappa shape index (κ3) is 4.31. The molecule has 0 saturated carbocycles. The quantitative estimate of drug-likeness (QED) is 0.637. The van der Waals surface area contributed by atoms with Crippen molar-refractivity contribution in [3.63, 3.8) is 0 Å². The van der Waals surface area contributed by atoms with Gasteiger partial charge in [0, 0.05) is 43.0 Å². The molecule has 0 aliphatic carbocycles. The second-order valence-electron chi connectivity index (χ2n) is 6.99. The first-order valence-electron chi connectivity index (χ1n) is 9.64. The molecule has 4 rings (SSSR count). The maximum atomic E-state index is 12.5. The number of carbonyl (C=O) groups excluding carboxylic acids is 1. The summed E-state index contributed by atoms with van der Waals surface area (Å²) in [6.45, 7) is 5.20. The topological polar surface area (TPSA) is 62.5 Å². The van der Waals surface area contributed by atoms with Crippen LogP contribution in [0.4, 0.5) is 0 Å². The Hall–Kier alpha value is -2.51. The average molecular weight is 397 g/mol. The Kier molecular flexibility index (Phi) is 5.83. The van der Waals surface area contributed by atoms with E-state index in [1.54, 1.807) is 11.3 Å². The minimum absolute atomic E-state index is 0.0355. The Morgan fingerprint density at radius 2 is 1.93 bits per heavy atom. The zero-order valence-corrected chi connectivity index (χ0v) is 16.8. The molecule has 146 valence electrons. The van der Waals surface area contributed by atoms with Gasteiger partial charge in [0.25, 0.3) is 0 Å². The summed E-state index contributed by atoms with van der Waals surface area (Å²) in [6.07, 6.45) is 1.41. The molecule has 1 amide bonds. The van der Waals surface area contributed by atoms with Crippen molar-refractivity contribution in [1.82, 2.24) is 19.9 Å². The second-order valence-corrected chi connectivity index (χ2v) is 8.03. The van der Waals surface area contributed by atoms with E-state index in [0.29, 0.717) is 18.1 Å². The van der Waals surface area contributed by atoms with Crippen LogP contribution in [0, 0.1) is 0 Å². The largest absolute Gasteiger partial charge is 0.340 e. The van der Waals surface area contributed by atoms with E-state index >= 15 is 0 Å². The molecule has 1 aromatic carbocycles. The van der Waals surface area contributed by atoms with Crippen LogP contribution < -0.4 is 0 Å². The van der Waals surface area contributed by atoms with Crippen molar-refractivity contribution in [3.8, 4) is 11.4 Å². The highest BCUT2D eigenvalue weighted by molar-refractivity contribution is 7.09. The molecule has 1 fully saturated rings. The van der Waals surface area contributed by atoms with Gasteiger partial charge < -0.3 is 9.42 Å². The molecule has 0 bridgehead atoms. The van der Waals surface area contributed by atoms with Crippen LogP contribution >= 0.6 is 11.3 Å².